The summed E-state index contributed by atoms with van der Waals surface area (Å²) in [4.78, 5) is 39.9. The van der Waals surface area contributed by atoms with E-state index in [0.717, 1.165) is 0 Å². The van der Waals surface area contributed by atoms with Gasteiger partial charge in [-0.15, -0.1) is 0 Å². The molecule has 146 valence electrons. The molecule has 0 aliphatic carbocycles. The van der Waals surface area contributed by atoms with E-state index in [1.54, 1.807) is 56.6 Å². The van der Waals surface area contributed by atoms with E-state index in [0.29, 0.717) is 28.4 Å². The molecule has 0 spiro atoms. The minimum atomic E-state index is -0.393. The Balaban J connectivity index is 1.84. The number of benzene rings is 2. The van der Waals surface area contributed by atoms with Crippen LogP contribution < -0.4 is 19.7 Å². The molecule has 0 radical (unpaired) electrons. The van der Waals surface area contributed by atoms with E-state index in [2.05, 4.69) is 5.32 Å². The monoisotopic (exact) mass is 383 g/mol. The number of nitrogens with zero attached hydrogens (tertiary/aromatic N) is 2. The summed E-state index contributed by atoms with van der Waals surface area (Å²) in [6.45, 7) is -0.386. The van der Waals surface area contributed by atoms with Crippen LogP contribution in [0.4, 0.5) is 11.4 Å². The van der Waals surface area contributed by atoms with Crippen molar-refractivity contribution >= 4 is 29.1 Å². The highest BCUT2D eigenvalue weighted by atomic mass is 16.5. The van der Waals surface area contributed by atoms with Crippen LogP contribution in [-0.2, 0) is 9.59 Å². The smallest absolute Gasteiger partial charge is 0.265 e. The fraction of sp³-hybridized carbons (Fsp3) is 0.250. The number of rotatable bonds is 5. The molecule has 8 nitrogen and oxygen atoms in total. The molecule has 2 aromatic carbocycles. The number of amides is 3. The van der Waals surface area contributed by atoms with Gasteiger partial charge in [0.05, 0.1) is 18.5 Å². The van der Waals surface area contributed by atoms with E-state index >= 15 is 0 Å². The van der Waals surface area contributed by atoms with Crippen molar-refractivity contribution in [2.45, 2.75) is 0 Å². The number of fused-ring (bicyclic) bond motifs is 1. The maximum absolute atomic E-state index is 12.6. The number of para-hydroxylation sites is 2. The summed E-state index contributed by atoms with van der Waals surface area (Å²) in [6.07, 6.45) is 0. The van der Waals surface area contributed by atoms with Gasteiger partial charge in [-0.2, -0.15) is 0 Å². The van der Waals surface area contributed by atoms with Gasteiger partial charge in [0.15, 0.2) is 6.61 Å². The van der Waals surface area contributed by atoms with Crippen molar-refractivity contribution in [1.29, 1.82) is 0 Å². The standard InChI is InChI=1S/C20H21N3O5/c1-22(2)20(26)13-8-9-17-15(10-13)23(19(25)12-28-17)11-18(24)21-14-6-4-5-7-16(14)27-3/h4-10H,11-12H2,1-3H3,(H,21,24). The molecule has 1 heterocycles. The van der Waals surface area contributed by atoms with Crippen molar-refractivity contribution in [3.63, 3.8) is 0 Å². The molecule has 1 N–H and O–H groups in total. The normalized spacial score (nSPS) is 12.7. The summed E-state index contributed by atoms with van der Waals surface area (Å²) < 4.78 is 10.7. The highest BCUT2D eigenvalue weighted by Gasteiger charge is 2.28. The summed E-state index contributed by atoms with van der Waals surface area (Å²) in [7, 11) is 4.79. The Morgan fingerprint density at radius 3 is 2.68 bits per heavy atom. The molecular weight excluding hydrogens is 362 g/mol. The first-order valence-electron chi connectivity index (χ1n) is 8.62. The topological polar surface area (TPSA) is 88.2 Å². The van der Waals surface area contributed by atoms with Crippen molar-refractivity contribution in [3.8, 4) is 11.5 Å². The Morgan fingerprint density at radius 2 is 1.96 bits per heavy atom. The van der Waals surface area contributed by atoms with Gasteiger partial charge in [-0.05, 0) is 30.3 Å². The molecule has 0 bridgehead atoms. The summed E-state index contributed by atoms with van der Waals surface area (Å²) in [5.41, 5.74) is 1.30. The van der Waals surface area contributed by atoms with Gasteiger partial charge in [0.1, 0.15) is 18.0 Å². The fourth-order valence-electron chi connectivity index (χ4n) is 2.85. The van der Waals surface area contributed by atoms with Gasteiger partial charge in [-0.1, -0.05) is 12.1 Å². The van der Waals surface area contributed by atoms with Gasteiger partial charge >= 0.3 is 0 Å². The molecule has 3 amide bonds. The Morgan fingerprint density at radius 1 is 1.21 bits per heavy atom. The number of nitrogens with one attached hydrogen (secondary N) is 1. The fourth-order valence-corrected chi connectivity index (χ4v) is 2.85. The quantitative estimate of drug-likeness (QED) is 0.850. The number of anilines is 2. The highest BCUT2D eigenvalue weighted by Crippen LogP contribution is 2.33. The van der Waals surface area contributed by atoms with Gasteiger partial charge in [0.2, 0.25) is 5.91 Å². The lowest BCUT2D eigenvalue weighted by molar-refractivity contribution is -0.123. The maximum atomic E-state index is 12.6. The average molecular weight is 383 g/mol. The average Bonchev–Trinajstić information content (AvgIpc) is 2.69. The van der Waals surface area contributed by atoms with Gasteiger partial charge in [-0.3, -0.25) is 19.3 Å². The maximum Gasteiger partial charge on any atom is 0.265 e. The predicted octanol–water partition coefficient (Wildman–Crippen LogP) is 1.76. The number of methoxy groups -OCH3 is 1. The minimum absolute atomic E-state index is 0.171. The van der Waals surface area contributed by atoms with Crippen LogP contribution in [0.5, 0.6) is 11.5 Å². The SMILES string of the molecule is COc1ccccc1NC(=O)CN1C(=O)COc2ccc(C(=O)N(C)C)cc21. The molecule has 28 heavy (non-hydrogen) atoms. The van der Waals surface area contributed by atoms with Crippen LogP contribution in [-0.4, -0.2) is 57.0 Å². The van der Waals surface area contributed by atoms with E-state index in [-0.39, 0.29) is 25.0 Å². The van der Waals surface area contributed by atoms with Crippen LogP contribution in [0, 0.1) is 0 Å². The van der Waals surface area contributed by atoms with Crippen molar-refractivity contribution < 1.29 is 23.9 Å². The van der Waals surface area contributed by atoms with Crippen molar-refractivity contribution in [2.75, 3.05) is 44.6 Å². The molecule has 3 rings (SSSR count). The largest absolute Gasteiger partial charge is 0.495 e. The van der Waals surface area contributed by atoms with Crippen molar-refractivity contribution in [2.24, 2.45) is 0 Å². The third kappa shape index (κ3) is 3.90. The minimum Gasteiger partial charge on any atom is -0.495 e. The zero-order valence-corrected chi connectivity index (χ0v) is 15.9. The van der Waals surface area contributed by atoms with E-state index in [9.17, 15) is 14.4 Å². The van der Waals surface area contributed by atoms with E-state index in [1.807, 2.05) is 0 Å². The lowest BCUT2D eigenvalue weighted by Gasteiger charge is -2.29. The van der Waals surface area contributed by atoms with E-state index in [4.69, 9.17) is 9.47 Å². The molecule has 1 aliphatic heterocycles. The zero-order valence-electron chi connectivity index (χ0n) is 15.9. The Bertz CT molecular complexity index is 926. The Labute approximate surface area is 162 Å². The van der Waals surface area contributed by atoms with Gasteiger partial charge in [-0.25, -0.2) is 0 Å². The summed E-state index contributed by atoms with van der Waals surface area (Å²) in [5, 5.41) is 2.74. The van der Waals surface area contributed by atoms with Crippen LogP contribution in [0.2, 0.25) is 0 Å². The Kier molecular flexibility index (Phi) is 5.49. The van der Waals surface area contributed by atoms with Crippen LogP contribution in [0.3, 0.4) is 0 Å². The van der Waals surface area contributed by atoms with Crippen molar-refractivity contribution in [3.05, 3.63) is 48.0 Å². The molecule has 0 saturated heterocycles. The summed E-state index contributed by atoms with van der Waals surface area (Å²) in [6, 6.07) is 11.8. The molecule has 0 aromatic heterocycles. The van der Waals surface area contributed by atoms with Gasteiger partial charge in [0.25, 0.3) is 11.8 Å². The van der Waals surface area contributed by atoms with Crippen LogP contribution in [0.15, 0.2) is 42.5 Å². The van der Waals surface area contributed by atoms with Crippen molar-refractivity contribution in [1.82, 2.24) is 4.90 Å². The first kappa shape index (κ1) is 19.2. The second kappa shape index (κ2) is 7.99. The molecule has 1 aliphatic rings. The van der Waals surface area contributed by atoms with Crippen LogP contribution in [0.25, 0.3) is 0 Å². The third-order valence-electron chi connectivity index (χ3n) is 4.24. The first-order valence-corrected chi connectivity index (χ1v) is 8.62. The first-order chi connectivity index (χ1) is 13.4. The summed E-state index contributed by atoms with van der Waals surface area (Å²) >= 11 is 0. The molecular formula is C20H21N3O5. The Hall–Kier alpha value is -3.55. The molecule has 0 unspecified atom stereocenters. The number of ether oxygens (including phenoxy) is 2. The van der Waals surface area contributed by atoms with E-state index < -0.39 is 5.91 Å². The molecule has 2 aromatic rings. The molecule has 0 saturated carbocycles. The highest BCUT2D eigenvalue weighted by molar-refractivity contribution is 6.06. The van der Waals surface area contributed by atoms with Gasteiger partial charge < -0.3 is 19.7 Å². The lowest BCUT2D eigenvalue weighted by Crippen LogP contribution is -2.43. The van der Waals surface area contributed by atoms with E-state index in [1.165, 1.54) is 16.9 Å². The summed E-state index contributed by atoms with van der Waals surface area (Å²) in [5.74, 6) is -0.00479. The third-order valence-corrected chi connectivity index (χ3v) is 4.24. The number of hydrogen-bond donors (Lipinski definition) is 1. The molecule has 0 atom stereocenters. The second-order valence-electron chi connectivity index (χ2n) is 6.40. The lowest BCUT2D eigenvalue weighted by atomic mass is 10.1. The van der Waals surface area contributed by atoms with Gasteiger partial charge in [0, 0.05) is 19.7 Å². The second-order valence-corrected chi connectivity index (χ2v) is 6.40. The van der Waals surface area contributed by atoms with Crippen LogP contribution >= 0.6 is 0 Å². The number of hydrogen-bond acceptors (Lipinski definition) is 5. The number of carbonyl (C=O) groups excluding carboxylic acids is 3. The predicted molar refractivity (Wildman–Crippen MR) is 104 cm³/mol. The zero-order chi connectivity index (χ0) is 20.3. The molecule has 8 heteroatoms. The number of carbonyl (C=O) groups is 3. The molecule has 0 fully saturated rings. The van der Waals surface area contributed by atoms with Crippen LogP contribution in [0.1, 0.15) is 10.4 Å².